The van der Waals surface area contributed by atoms with E-state index < -0.39 is 0 Å². The Morgan fingerprint density at radius 2 is 2.20 bits per heavy atom. The van der Waals surface area contributed by atoms with Crippen LogP contribution >= 0.6 is 11.6 Å². The average molecular weight is 304 g/mol. The van der Waals surface area contributed by atoms with Crippen molar-refractivity contribution in [1.29, 1.82) is 0 Å². The molecular weight excluding hydrogens is 278 g/mol. The summed E-state index contributed by atoms with van der Waals surface area (Å²) in [5.74, 6) is 0. The van der Waals surface area contributed by atoms with E-state index in [1.165, 1.54) is 0 Å². The van der Waals surface area contributed by atoms with Gasteiger partial charge in [-0.25, -0.2) is 0 Å². The van der Waals surface area contributed by atoms with E-state index in [1.807, 2.05) is 18.7 Å². The summed E-state index contributed by atoms with van der Waals surface area (Å²) in [7, 11) is 3.61. The molecule has 5 nitrogen and oxygen atoms in total. The van der Waals surface area contributed by atoms with Crippen molar-refractivity contribution < 1.29 is 9.47 Å². The minimum Gasteiger partial charge on any atom is -0.383 e. The molecule has 0 aliphatic carbocycles. The largest absolute Gasteiger partial charge is 0.383 e. The van der Waals surface area contributed by atoms with E-state index in [0.29, 0.717) is 24.8 Å². The van der Waals surface area contributed by atoms with Crippen LogP contribution in [0.2, 0.25) is 5.02 Å². The van der Waals surface area contributed by atoms with Crippen LogP contribution in [0.25, 0.3) is 0 Å². The Labute approximate surface area is 126 Å². The topological polar surface area (TPSA) is 48.3 Å². The fourth-order valence-electron chi connectivity index (χ4n) is 2.38. The van der Waals surface area contributed by atoms with Gasteiger partial charge >= 0.3 is 0 Å². The van der Waals surface area contributed by atoms with Crippen LogP contribution in [0.5, 0.6) is 0 Å². The van der Waals surface area contributed by atoms with Crippen LogP contribution in [0.15, 0.2) is 6.20 Å². The number of hydrogen-bond donors (Lipinski definition) is 1. The zero-order valence-corrected chi connectivity index (χ0v) is 13.6. The maximum absolute atomic E-state index is 6.32. The van der Waals surface area contributed by atoms with Crippen LogP contribution in [0.3, 0.4) is 0 Å². The predicted molar refractivity (Wildman–Crippen MR) is 81.2 cm³/mol. The molecule has 0 saturated heterocycles. The van der Waals surface area contributed by atoms with Gasteiger partial charge in [-0.1, -0.05) is 24.9 Å². The smallest absolute Gasteiger partial charge is 0.0835 e. The van der Waals surface area contributed by atoms with Gasteiger partial charge in [0.2, 0.25) is 0 Å². The second-order valence-corrected chi connectivity index (χ2v) is 5.05. The molecule has 1 aromatic rings. The highest BCUT2D eigenvalue weighted by atomic mass is 35.5. The van der Waals surface area contributed by atoms with Gasteiger partial charge < -0.3 is 14.8 Å². The summed E-state index contributed by atoms with van der Waals surface area (Å²) in [6, 6.07) is 0.0294. The van der Waals surface area contributed by atoms with Gasteiger partial charge in [-0.15, -0.1) is 0 Å². The van der Waals surface area contributed by atoms with E-state index in [2.05, 4.69) is 17.3 Å². The average Bonchev–Trinajstić information content (AvgIpc) is 2.80. The summed E-state index contributed by atoms with van der Waals surface area (Å²) in [4.78, 5) is 0. The van der Waals surface area contributed by atoms with Gasteiger partial charge in [0.25, 0.3) is 0 Å². The summed E-state index contributed by atoms with van der Waals surface area (Å²) >= 11 is 6.32. The van der Waals surface area contributed by atoms with Gasteiger partial charge in [-0.3, -0.25) is 4.68 Å². The molecule has 1 rings (SSSR count). The second kappa shape index (κ2) is 9.34. The van der Waals surface area contributed by atoms with Crippen molar-refractivity contribution >= 4 is 11.6 Å². The Kier molecular flexibility index (Phi) is 8.14. The van der Waals surface area contributed by atoms with Crippen LogP contribution < -0.4 is 5.32 Å². The molecule has 0 radical (unpaired) electrons. The van der Waals surface area contributed by atoms with E-state index in [4.69, 9.17) is 21.1 Å². The number of ether oxygens (including phenoxy) is 2. The third-order valence-corrected chi connectivity index (χ3v) is 3.56. The van der Waals surface area contributed by atoms with Crippen molar-refractivity contribution in [3.8, 4) is 0 Å². The number of likely N-dealkylation sites (N-methyl/N-ethyl adjacent to an activating group) is 1. The van der Waals surface area contributed by atoms with Crippen LogP contribution in [0, 0.1) is 0 Å². The Hall–Kier alpha value is -0.620. The highest BCUT2D eigenvalue weighted by Crippen LogP contribution is 2.28. The number of hydrogen-bond acceptors (Lipinski definition) is 4. The minimum absolute atomic E-state index is 0.0294. The van der Waals surface area contributed by atoms with Crippen molar-refractivity contribution in [1.82, 2.24) is 15.1 Å². The summed E-state index contributed by atoms with van der Waals surface area (Å²) in [6.07, 6.45) is 3.81. The molecule has 0 aromatic carbocycles. The standard InChI is InChI=1S/C14H26ClN3O2/c1-5-7-12(20-6-2)13(16-3)14-11(15)10-17-18(14)8-9-19-4/h10,12-13,16H,5-9H2,1-4H3. The van der Waals surface area contributed by atoms with Gasteiger partial charge in [0.1, 0.15) is 0 Å². The first-order chi connectivity index (χ1) is 9.69. The number of nitrogens with one attached hydrogen (secondary N) is 1. The van der Waals surface area contributed by atoms with Gasteiger partial charge in [-0.05, 0) is 20.4 Å². The maximum atomic E-state index is 6.32. The Bertz CT molecular complexity index is 378. The summed E-state index contributed by atoms with van der Waals surface area (Å²) < 4.78 is 12.9. The molecule has 20 heavy (non-hydrogen) atoms. The van der Waals surface area contributed by atoms with E-state index in [9.17, 15) is 0 Å². The predicted octanol–water partition coefficient (Wildman–Crippen LogP) is 2.65. The van der Waals surface area contributed by atoms with Gasteiger partial charge in [0, 0.05) is 13.7 Å². The lowest BCUT2D eigenvalue weighted by Crippen LogP contribution is -2.34. The SMILES string of the molecule is CCCC(OCC)C(NC)c1c(Cl)cnn1CCOC. The quantitative estimate of drug-likeness (QED) is 0.722. The molecule has 116 valence electrons. The number of nitrogens with zero attached hydrogens (tertiary/aromatic N) is 2. The zero-order chi connectivity index (χ0) is 15.0. The number of aromatic nitrogens is 2. The lowest BCUT2D eigenvalue weighted by Gasteiger charge is -2.27. The number of methoxy groups -OCH3 is 1. The van der Waals surface area contributed by atoms with Crippen molar-refractivity contribution in [3.05, 3.63) is 16.9 Å². The monoisotopic (exact) mass is 303 g/mol. The minimum atomic E-state index is 0.0294. The van der Waals surface area contributed by atoms with E-state index in [1.54, 1.807) is 13.3 Å². The van der Waals surface area contributed by atoms with E-state index >= 15 is 0 Å². The fraction of sp³-hybridized carbons (Fsp3) is 0.786. The fourth-order valence-corrected chi connectivity index (χ4v) is 2.64. The van der Waals surface area contributed by atoms with Crippen LogP contribution in [0.1, 0.15) is 38.4 Å². The number of rotatable bonds is 10. The molecule has 1 N–H and O–H groups in total. The van der Waals surface area contributed by atoms with Crippen LogP contribution in [-0.4, -0.2) is 43.3 Å². The summed E-state index contributed by atoms with van der Waals surface area (Å²) in [5, 5.41) is 8.32. The van der Waals surface area contributed by atoms with Crippen molar-refractivity contribution in [2.24, 2.45) is 0 Å². The molecule has 2 atom stereocenters. The molecule has 0 spiro atoms. The Morgan fingerprint density at radius 1 is 1.45 bits per heavy atom. The second-order valence-electron chi connectivity index (χ2n) is 4.64. The summed E-state index contributed by atoms with van der Waals surface area (Å²) in [5.41, 5.74) is 0.970. The Morgan fingerprint density at radius 3 is 2.75 bits per heavy atom. The van der Waals surface area contributed by atoms with Crippen molar-refractivity contribution in [2.75, 3.05) is 27.4 Å². The third-order valence-electron chi connectivity index (χ3n) is 3.27. The first-order valence-corrected chi connectivity index (χ1v) is 7.56. The van der Waals surface area contributed by atoms with Crippen LogP contribution in [-0.2, 0) is 16.0 Å². The van der Waals surface area contributed by atoms with Crippen molar-refractivity contribution in [2.45, 2.75) is 45.4 Å². The highest BCUT2D eigenvalue weighted by molar-refractivity contribution is 6.31. The maximum Gasteiger partial charge on any atom is 0.0835 e. The molecule has 0 bridgehead atoms. The molecule has 1 aromatic heterocycles. The molecule has 0 fully saturated rings. The molecule has 6 heteroatoms. The van der Waals surface area contributed by atoms with E-state index in [-0.39, 0.29) is 12.1 Å². The Balaban J connectivity index is 2.99. The first kappa shape index (κ1) is 17.4. The molecule has 1 heterocycles. The molecule has 0 saturated carbocycles. The highest BCUT2D eigenvalue weighted by Gasteiger charge is 2.27. The van der Waals surface area contributed by atoms with Crippen molar-refractivity contribution in [3.63, 3.8) is 0 Å². The van der Waals surface area contributed by atoms with Crippen LogP contribution in [0.4, 0.5) is 0 Å². The van der Waals surface area contributed by atoms with Gasteiger partial charge in [0.05, 0.1) is 42.2 Å². The summed E-state index contributed by atoms with van der Waals surface area (Å²) in [6.45, 7) is 6.14. The normalized spacial score (nSPS) is 14.4. The lowest BCUT2D eigenvalue weighted by atomic mass is 10.0. The first-order valence-electron chi connectivity index (χ1n) is 7.18. The molecule has 0 amide bonds. The molecule has 0 aliphatic rings. The lowest BCUT2D eigenvalue weighted by molar-refractivity contribution is 0.0270. The zero-order valence-electron chi connectivity index (χ0n) is 12.9. The molecular formula is C14H26ClN3O2. The third kappa shape index (κ3) is 4.45. The number of halogens is 1. The molecule has 0 aliphatic heterocycles. The van der Waals surface area contributed by atoms with E-state index in [0.717, 1.165) is 18.5 Å². The van der Waals surface area contributed by atoms with Gasteiger partial charge in [-0.2, -0.15) is 5.10 Å². The van der Waals surface area contributed by atoms with Gasteiger partial charge in [0.15, 0.2) is 0 Å². The molecule has 2 unspecified atom stereocenters.